The van der Waals surface area contributed by atoms with Crippen molar-refractivity contribution in [1.29, 1.82) is 0 Å². The Morgan fingerprint density at radius 3 is 2.67 bits per heavy atom. The molecule has 0 heterocycles. The Labute approximate surface area is 108 Å². The van der Waals surface area contributed by atoms with Gasteiger partial charge in [-0.15, -0.1) is 0 Å². The van der Waals surface area contributed by atoms with Crippen molar-refractivity contribution in [2.75, 3.05) is 19.4 Å². The highest BCUT2D eigenvalue weighted by atomic mass is 32.2. The molecule has 0 saturated heterocycles. The lowest BCUT2D eigenvalue weighted by Gasteiger charge is -2.10. The van der Waals surface area contributed by atoms with Gasteiger partial charge >= 0.3 is 18.6 Å². The minimum atomic E-state index is -3.86. The summed E-state index contributed by atoms with van der Waals surface area (Å²) in [6, 6.07) is 4.78. The largest absolute Gasteiger partial charge is 0.492 e. The van der Waals surface area contributed by atoms with Crippen molar-refractivity contribution in [3.63, 3.8) is 0 Å². The van der Waals surface area contributed by atoms with Gasteiger partial charge < -0.3 is 4.74 Å². The maximum absolute atomic E-state index is 11.9. The first-order valence-electron chi connectivity index (χ1n) is 5.49. The third kappa shape index (κ3) is 4.05. The Morgan fingerprint density at radius 1 is 1.33 bits per heavy atom. The van der Waals surface area contributed by atoms with Crippen LogP contribution in [0.4, 0.5) is 0 Å². The zero-order valence-corrected chi connectivity index (χ0v) is 12.1. The summed E-state index contributed by atoms with van der Waals surface area (Å²) in [5, 5.41) is 0. The van der Waals surface area contributed by atoms with E-state index in [4.69, 9.17) is 8.92 Å². The number of hydrogen-bond acceptors (Lipinski definition) is 5. The molecule has 7 heteroatoms. The standard InChI is InChI=1S/C11H15O5PS/c1-3-15-10-8-9(2)4-5-11(10)18(13,14)16-6-7-17-12/h4-5,8H,3,6-7H2,1-2H3/p+1. The van der Waals surface area contributed by atoms with E-state index >= 15 is 0 Å². The summed E-state index contributed by atoms with van der Waals surface area (Å²) in [6.07, 6.45) is 0.190. The van der Waals surface area contributed by atoms with E-state index in [2.05, 4.69) is 0 Å². The number of rotatable bonds is 7. The van der Waals surface area contributed by atoms with Crippen LogP contribution >= 0.6 is 8.46 Å². The Kier molecular flexibility index (Phi) is 5.72. The van der Waals surface area contributed by atoms with Crippen LogP contribution in [0.2, 0.25) is 0 Å². The van der Waals surface area contributed by atoms with Crippen LogP contribution in [0.25, 0.3) is 0 Å². The molecule has 1 atom stereocenters. The molecule has 0 spiro atoms. The van der Waals surface area contributed by atoms with E-state index in [9.17, 15) is 13.0 Å². The Bertz CT molecular complexity index is 512. The Hall–Kier alpha value is -0.970. The van der Waals surface area contributed by atoms with Gasteiger partial charge in [0.15, 0.2) is 6.16 Å². The van der Waals surface area contributed by atoms with E-state index in [0.717, 1.165) is 5.56 Å². The third-order valence-corrected chi connectivity index (χ3v) is 3.87. The molecule has 18 heavy (non-hydrogen) atoms. The molecular weight excluding hydrogens is 275 g/mol. The lowest BCUT2D eigenvalue weighted by Crippen LogP contribution is -2.10. The topological polar surface area (TPSA) is 69.7 Å². The van der Waals surface area contributed by atoms with Crippen molar-refractivity contribution in [2.45, 2.75) is 18.7 Å². The van der Waals surface area contributed by atoms with Crippen LogP contribution in [0.15, 0.2) is 23.1 Å². The molecule has 0 saturated carbocycles. The number of hydrogen-bond donors (Lipinski definition) is 0. The minimum absolute atomic E-state index is 0.00387. The summed E-state index contributed by atoms with van der Waals surface area (Å²) < 4.78 is 44.2. The quantitative estimate of drug-likeness (QED) is 0.437. The molecular formula is C11H16O5PS+. The summed E-state index contributed by atoms with van der Waals surface area (Å²) >= 11 is 0. The van der Waals surface area contributed by atoms with Gasteiger partial charge in [0.1, 0.15) is 17.3 Å². The van der Waals surface area contributed by atoms with Crippen LogP contribution in [0.3, 0.4) is 0 Å². The fourth-order valence-electron chi connectivity index (χ4n) is 1.35. The van der Waals surface area contributed by atoms with Gasteiger partial charge in [-0.2, -0.15) is 8.42 Å². The van der Waals surface area contributed by atoms with Gasteiger partial charge in [-0.25, -0.2) is 0 Å². The molecule has 0 N–H and O–H groups in total. The van der Waals surface area contributed by atoms with Crippen molar-refractivity contribution >= 4 is 18.6 Å². The van der Waals surface area contributed by atoms with E-state index in [-0.39, 0.29) is 23.4 Å². The molecule has 1 aromatic rings. The Morgan fingerprint density at radius 2 is 2.06 bits per heavy atom. The van der Waals surface area contributed by atoms with Crippen LogP contribution in [-0.2, 0) is 18.9 Å². The Balaban J connectivity index is 3.03. The van der Waals surface area contributed by atoms with Crippen molar-refractivity contribution in [3.8, 4) is 5.75 Å². The molecule has 0 fully saturated rings. The van der Waals surface area contributed by atoms with Crippen molar-refractivity contribution < 1.29 is 21.9 Å². The minimum Gasteiger partial charge on any atom is -0.492 e. The molecule has 0 aliphatic heterocycles. The first-order valence-corrected chi connectivity index (χ1v) is 8.01. The summed E-state index contributed by atoms with van der Waals surface area (Å²) in [5.41, 5.74) is 0.901. The second kappa shape index (κ2) is 6.83. The van der Waals surface area contributed by atoms with Gasteiger partial charge in [0.2, 0.25) is 0 Å². The molecule has 0 amide bonds. The average molecular weight is 291 g/mol. The van der Waals surface area contributed by atoms with E-state index in [1.807, 2.05) is 6.92 Å². The van der Waals surface area contributed by atoms with Crippen LogP contribution in [0.1, 0.15) is 12.5 Å². The smallest absolute Gasteiger partial charge is 0.327 e. The predicted octanol–water partition coefficient (Wildman–Crippen LogP) is 2.12. The van der Waals surface area contributed by atoms with Crippen molar-refractivity contribution in [1.82, 2.24) is 0 Å². The van der Waals surface area contributed by atoms with E-state index < -0.39 is 18.6 Å². The number of benzene rings is 1. The third-order valence-electron chi connectivity index (χ3n) is 2.11. The molecule has 0 aliphatic rings. The monoisotopic (exact) mass is 291 g/mol. The van der Waals surface area contributed by atoms with Crippen molar-refractivity contribution in [3.05, 3.63) is 23.8 Å². The average Bonchev–Trinajstić information content (AvgIpc) is 2.29. The van der Waals surface area contributed by atoms with E-state index in [1.54, 1.807) is 19.1 Å². The highest BCUT2D eigenvalue weighted by Gasteiger charge is 2.21. The van der Waals surface area contributed by atoms with Crippen LogP contribution in [0, 0.1) is 6.92 Å². The van der Waals surface area contributed by atoms with Gasteiger partial charge in [0.25, 0.3) is 0 Å². The number of ether oxygens (including phenoxy) is 1. The second-order valence-corrected chi connectivity index (χ2v) is 5.93. The van der Waals surface area contributed by atoms with Gasteiger partial charge in [-0.1, -0.05) is 10.6 Å². The molecule has 0 radical (unpaired) electrons. The van der Waals surface area contributed by atoms with E-state index in [1.165, 1.54) is 6.07 Å². The normalized spacial score (nSPS) is 11.7. The lowest BCUT2D eigenvalue weighted by atomic mass is 10.2. The first kappa shape index (κ1) is 15.1. The molecule has 100 valence electrons. The SMILES string of the molecule is CCOc1cc(C)ccc1S(=O)(=O)OCC[PH+]=O. The molecule has 1 rings (SSSR count). The molecule has 0 aliphatic carbocycles. The maximum atomic E-state index is 11.9. The highest BCUT2D eigenvalue weighted by Crippen LogP contribution is 2.26. The summed E-state index contributed by atoms with van der Waals surface area (Å²) in [4.78, 5) is 0.00387. The zero-order chi connectivity index (χ0) is 13.6. The van der Waals surface area contributed by atoms with Crippen molar-refractivity contribution in [2.24, 2.45) is 0 Å². The zero-order valence-electron chi connectivity index (χ0n) is 10.3. The highest BCUT2D eigenvalue weighted by molar-refractivity contribution is 7.86. The van der Waals surface area contributed by atoms with Gasteiger partial charge in [-0.3, -0.25) is 4.18 Å². The molecule has 0 bridgehead atoms. The summed E-state index contributed by atoms with van der Waals surface area (Å²) in [6.45, 7) is 3.90. The first-order chi connectivity index (χ1) is 8.51. The molecule has 1 aromatic carbocycles. The summed E-state index contributed by atoms with van der Waals surface area (Å²) in [7, 11) is -4.44. The maximum Gasteiger partial charge on any atom is 0.327 e. The van der Waals surface area contributed by atoms with Gasteiger partial charge in [-0.05, 0) is 31.5 Å². The fraction of sp³-hybridized carbons (Fsp3) is 0.455. The van der Waals surface area contributed by atoms with Gasteiger partial charge in [0, 0.05) is 0 Å². The number of aryl methyl sites for hydroxylation is 1. The van der Waals surface area contributed by atoms with E-state index in [0.29, 0.717) is 6.61 Å². The predicted molar refractivity (Wildman–Crippen MR) is 69.4 cm³/mol. The summed E-state index contributed by atoms with van der Waals surface area (Å²) in [5.74, 6) is 0.280. The van der Waals surface area contributed by atoms with Gasteiger partial charge in [0.05, 0.1) is 6.61 Å². The lowest BCUT2D eigenvalue weighted by molar-refractivity contribution is 0.316. The van der Waals surface area contributed by atoms with Crippen LogP contribution in [0.5, 0.6) is 5.75 Å². The second-order valence-electron chi connectivity index (χ2n) is 3.55. The molecule has 5 nitrogen and oxygen atoms in total. The molecule has 0 aromatic heterocycles. The van der Waals surface area contributed by atoms with Crippen LogP contribution in [-0.4, -0.2) is 27.8 Å². The fourth-order valence-corrected chi connectivity index (χ4v) is 2.71. The molecule has 1 unspecified atom stereocenters. The van der Waals surface area contributed by atoms with Crippen LogP contribution < -0.4 is 4.74 Å².